The third-order valence-corrected chi connectivity index (χ3v) is 4.26. The minimum Gasteiger partial charge on any atom is -0.478 e. The Labute approximate surface area is 126 Å². The normalized spacial score (nSPS) is 11.1. The Morgan fingerprint density at radius 1 is 1.42 bits per heavy atom. The van der Waals surface area contributed by atoms with Crippen molar-refractivity contribution in [3.05, 3.63) is 50.5 Å². The van der Waals surface area contributed by atoms with Crippen LogP contribution in [-0.4, -0.2) is 11.1 Å². The summed E-state index contributed by atoms with van der Waals surface area (Å²) >= 11 is 10.7. The quantitative estimate of drug-likeness (QED) is 0.775. The lowest BCUT2D eigenvalue weighted by atomic mass is 10.2. The number of carboxylic acids is 1. The van der Waals surface area contributed by atoms with Gasteiger partial charge in [0.05, 0.1) is 5.02 Å². The van der Waals surface area contributed by atoms with Crippen LogP contribution in [0.5, 0.6) is 0 Å². The smallest absolute Gasteiger partial charge is 0.328 e. The monoisotopic (exact) mass is 360 g/mol. The molecule has 0 bridgehead atoms. The van der Waals surface area contributed by atoms with E-state index in [9.17, 15) is 9.18 Å². The molecule has 19 heavy (non-hydrogen) atoms. The molecule has 1 heterocycles. The lowest BCUT2D eigenvalue weighted by Crippen LogP contribution is -1.84. The Morgan fingerprint density at radius 3 is 2.79 bits per heavy atom. The van der Waals surface area contributed by atoms with Gasteiger partial charge in [0.15, 0.2) is 0 Å². The van der Waals surface area contributed by atoms with E-state index in [0.717, 1.165) is 15.8 Å². The third-order valence-electron chi connectivity index (χ3n) is 2.27. The average Bonchev–Trinajstić information content (AvgIpc) is 2.73. The molecular formula is C13H7BrClFO2S. The molecule has 0 unspecified atom stereocenters. The molecule has 0 amide bonds. The van der Waals surface area contributed by atoms with Crippen molar-refractivity contribution in [1.82, 2.24) is 0 Å². The van der Waals surface area contributed by atoms with Gasteiger partial charge in [0.25, 0.3) is 0 Å². The highest BCUT2D eigenvalue weighted by Crippen LogP contribution is 2.39. The van der Waals surface area contributed by atoms with Gasteiger partial charge in [0.2, 0.25) is 0 Å². The van der Waals surface area contributed by atoms with Crippen molar-refractivity contribution < 1.29 is 14.3 Å². The predicted octanol–water partition coefficient (Wildman–Crippen LogP) is 5.07. The first-order valence-electron chi connectivity index (χ1n) is 5.13. The van der Waals surface area contributed by atoms with Crippen molar-refractivity contribution in [2.45, 2.75) is 0 Å². The Bertz CT molecular complexity index is 643. The van der Waals surface area contributed by atoms with Gasteiger partial charge >= 0.3 is 5.97 Å². The van der Waals surface area contributed by atoms with Crippen LogP contribution in [-0.2, 0) is 4.79 Å². The summed E-state index contributed by atoms with van der Waals surface area (Å²) in [6.07, 6.45) is 2.57. The highest BCUT2D eigenvalue weighted by atomic mass is 79.9. The molecule has 0 aliphatic carbocycles. The van der Waals surface area contributed by atoms with Crippen LogP contribution in [0.4, 0.5) is 4.39 Å². The maximum absolute atomic E-state index is 13.2. The van der Waals surface area contributed by atoms with Crippen LogP contribution in [0.15, 0.2) is 34.8 Å². The molecule has 0 spiro atoms. The number of halogens is 3. The lowest BCUT2D eigenvalue weighted by Gasteiger charge is -2.04. The van der Waals surface area contributed by atoms with Crippen molar-refractivity contribution in [2.24, 2.45) is 0 Å². The van der Waals surface area contributed by atoms with Crippen LogP contribution in [0.3, 0.4) is 0 Å². The van der Waals surface area contributed by atoms with E-state index in [4.69, 9.17) is 16.7 Å². The molecule has 0 atom stereocenters. The highest BCUT2D eigenvalue weighted by Gasteiger charge is 2.12. The van der Waals surface area contributed by atoms with Gasteiger partial charge in [-0.25, -0.2) is 9.18 Å². The highest BCUT2D eigenvalue weighted by molar-refractivity contribution is 9.10. The summed E-state index contributed by atoms with van der Waals surface area (Å²) in [6, 6.07) is 6.18. The Kier molecular flexibility index (Phi) is 4.39. The number of carbonyl (C=O) groups is 1. The van der Waals surface area contributed by atoms with Crippen molar-refractivity contribution in [2.75, 3.05) is 0 Å². The van der Waals surface area contributed by atoms with E-state index in [2.05, 4.69) is 15.9 Å². The number of aliphatic carboxylic acids is 1. The minimum absolute atomic E-state index is 0.308. The van der Waals surface area contributed by atoms with E-state index in [-0.39, 0.29) is 0 Å². The van der Waals surface area contributed by atoms with Crippen LogP contribution < -0.4 is 0 Å². The molecule has 1 aromatic heterocycles. The zero-order valence-corrected chi connectivity index (χ0v) is 12.5. The molecule has 0 aliphatic heterocycles. The van der Waals surface area contributed by atoms with Crippen LogP contribution in [0, 0.1) is 5.82 Å². The van der Waals surface area contributed by atoms with E-state index in [0.29, 0.717) is 15.1 Å². The van der Waals surface area contributed by atoms with E-state index in [1.165, 1.54) is 29.5 Å². The summed E-state index contributed by atoms with van der Waals surface area (Å²) in [5.74, 6) is -1.42. The van der Waals surface area contributed by atoms with Crippen LogP contribution >= 0.6 is 38.9 Å². The van der Waals surface area contributed by atoms with E-state index in [1.54, 1.807) is 6.07 Å². The van der Waals surface area contributed by atoms with Crippen LogP contribution in [0.1, 0.15) is 4.88 Å². The maximum atomic E-state index is 13.2. The fourth-order valence-electron chi connectivity index (χ4n) is 1.51. The number of hydrogen-bond donors (Lipinski definition) is 1. The van der Waals surface area contributed by atoms with Gasteiger partial charge in [0, 0.05) is 25.9 Å². The molecule has 1 aromatic carbocycles. The second-order valence-corrected chi connectivity index (χ2v) is 5.99. The first-order chi connectivity index (χ1) is 8.97. The summed E-state index contributed by atoms with van der Waals surface area (Å²) in [5.41, 5.74) is 0.697. The SMILES string of the molecule is O=C(O)/C=C/c1ccc(-c2c(Cl)cc(F)cc2Br)s1. The zero-order chi connectivity index (χ0) is 14.0. The number of carboxylic acid groups (broad SMARTS) is 1. The number of thiophene rings is 1. The number of rotatable bonds is 3. The first-order valence-corrected chi connectivity index (χ1v) is 7.12. The average molecular weight is 362 g/mol. The van der Waals surface area contributed by atoms with E-state index >= 15 is 0 Å². The molecule has 0 saturated carbocycles. The van der Waals surface area contributed by atoms with Crippen molar-refractivity contribution in [1.29, 1.82) is 0 Å². The lowest BCUT2D eigenvalue weighted by molar-refractivity contribution is -0.131. The summed E-state index contributed by atoms with van der Waals surface area (Å²) in [4.78, 5) is 12.1. The van der Waals surface area contributed by atoms with Gasteiger partial charge in [0.1, 0.15) is 5.82 Å². The second kappa shape index (κ2) is 5.86. The fourth-order valence-corrected chi connectivity index (χ4v) is 3.75. The van der Waals surface area contributed by atoms with Gasteiger partial charge in [-0.05, 0) is 46.3 Å². The molecule has 2 nitrogen and oxygen atoms in total. The molecular weight excluding hydrogens is 355 g/mol. The molecule has 98 valence electrons. The molecule has 2 aromatic rings. The van der Waals surface area contributed by atoms with Gasteiger partial charge in [-0.1, -0.05) is 11.6 Å². The molecule has 0 fully saturated rings. The van der Waals surface area contributed by atoms with E-state index < -0.39 is 11.8 Å². The Morgan fingerprint density at radius 2 is 2.16 bits per heavy atom. The maximum Gasteiger partial charge on any atom is 0.328 e. The topological polar surface area (TPSA) is 37.3 Å². The summed E-state index contributed by atoms with van der Waals surface area (Å²) < 4.78 is 13.7. The predicted molar refractivity (Wildman–Crippen MR) is 79.1 cm³/mol. The molecule has 0 aliphatic rings. The second-order valence-electron chi connectivity index (χ2n) is 3.62. The third kappa shape index (κ3) is 3.43. The van der Waals surface area contributed by atoms with Gasteiger partial charge in [-0.15, -0.1) is 11.3 Å². The molecule has 0 radical (unpaired) electrons. The summed E-state index contributed by atoms with van der Waals surface area (Å²) in [7, 11) is 0. The summed E-state index contributed by atoms with van der Waals surface area (Å²) in [5, 5.41) is 8.87. The van der Waals surface area contributed by atoms with Crippen LogP contribution in [0.2, 0.25) is 5.02 Å². The molecule has 0 saturated heterocycles. The van der Waals surface area contributed by atoms with Gasteiger partial charge < -0.3 is 5.11 Å². The Balaban J connectivity index is 2.41. The van der Waals surface area contributed by atoms with Crippen molar-refractivity contribution >= 4 is 50.9 Å². The minimum atomic E-state index is -1.00. The van der Waals surface area contributed by atoms with E-state index in [1.807, 2.05) is 6.07 Å². The largest absolute Gasteiger partial charge is 0.478 e. The van der Waals surface area contributed by atoms with Gasteiger partial charge in [-0.2, -0.15) is 0 Å². The van der Waals surface area contributed by atoms with Crippen LogP contribution in [0.25, 0.3) is 16.5 Å². The molecule has 2 rings (SSSR count). The van der Waals surface area contributed by atoms with Crippen molar-refractivity contribution in [3.8, 4) is 10.4 Å². The number of hydrogen-bond acceptors (Lipinski definition) is 2. The van der Waals surface area contributed by atoms with Crippen molar-refractivity contribution in [3.63, 3.8) is 0 Å². The first kappa shape index (κ1) is 14.2. The zero-order valence-electron chi connectivity index (χ0n) is 9.36. The Hall–Kier alpha value is -1.17. The molecule has 1 N–H and O–H groups in total. The standard InChI is InChI=1S/C13H7BrClFO2S/c14-9-5-7(16)6-10(15)13(9)11-3-1-8(19-11)2-4-12(17)18/h1-6H,(H,17,18)/b4-2+. The van der Waals surface area contributed by atoms with Gasteiger partial charge in [-0.3, -0.25) is 0 Å². The summed E-state index contributed by atoms with van der Waals surface area (Å²) in [6.45, 7) is 0. The fraction of sp³-hybridized carbons (Fsp3) is 0. The number of benzene rings is 1. The molecule has 6 heteroatoms.